The van der Waals surface area contributed by atoms with E-state index in [2.05, 4.69) is 30.8 Å². The first kappa shape index (κ1) is 14.0. The van der Waals surface area contributed by atoms with Gasteiger partial charge in [-0.25, -0.2) is 4.98 Å². The molecule has 2 N–H and O–H groups in total. The lowest BCUT2D eigenvalue weighted by Crippen LogP contribution is -2.13. The number of hydrogen-bond donors (Lipinski definition) is 2. The van der Waals surface area contributed by atoms with E-state index in [4.69, 9.17) is 0 Å². The molecule has 22 heavy (non-hydrogen) atoms. The van der Waals surface area contributed by atoms with Crippen LogP contribution in [0.4, 0.5) is 30.8 Å². The predicted octanol–water partition coefficient (Wildman–Crippen LogP) is 2.32. The number of nitrogens with one attached hydrogen (secondary N) is 2. The van der Waals surface area contributed by atoms with Crippen LogP contribution in [0.3, 0.4) is 0 Å². The van der Waals surface area contributed by atoms with Gasteiger partial charge in [-0.3, -0.25) is 4.40 Å². The Labute approximate surface area is 122 Å². The van der Waals surface area contributed by atoms with E-state index in [1.165, 1.54) is 13.4 Å². The van der Waals surface area contributed by atoms with Crippen LogP contribution < -0.4 is 10.6 Å². The molecular weight excluding hydrogens is 299 g/mol. The van der Waals surface area contributed by atoms with Gasteiger partial charge >= 0.3 is 6.18 Å². The van der Waals surface area contributed by atoms with E-state index >= 15 is 0 Å². The number of aromatic nitrogens is 5. The Morgan fingerprint density at radius 2 is 2.05 bits per heavy atom. The molecule has 0 unspecified atom stereocenters. The second-order valence-electron chi connectivity index (χ2n) is 4.30. The van der Waals surface area contributed by atoms with Crippen LogP contribution in [0.5, 0.6) is 0 Å². The van der Waals surface area contributed by atoms with E-state index in [9.17, 15) is 13.2 Å². The second-order valence-corrected chi connectivity index (χ2v) is 4.30. The topological polar surface area (TPSA) is 80.0 Å². The van der Waals surface area contributed by atoms with Crippen molar-refractivity contribution in [2.24, 2.45) is 0 Å². The van der Waals surface area contributed by atoms with Gasteiger partial charge in [-0.1, -0.05) is 6.07 Å². The molecule has 3 heterocycles. The van der Waals surface area contributed by atoms with Gasteiger partial charge in [-0.05, 0) is 12.1 Å². The van der Waals surface area contributed by atoms with Crippen molar-refractivity contribution in [3.05, 3.63) is 36.3 Å². The Bertz CT molecular complexity index is 812. The second kappa shape index (κ2) is 5.13. The van der Waals surface area contributed by atoms with Crippen LogP contribution in [-0.2, 0) is 6.18 Å². The number of anilines is 3. The fourth-order valence-electron chi connectivity index (χ4n) is 1.91. The summed E-state index contributed by atoms with van der Waals surface area (Å²) < 4.78 is 40.0. The number of rotatable bonds is 3. The Kier molecular flexibility index (Phi) is 3.28. The molecule has 0 aliphatic heterocycles. The first-order valence-corrected chi connectivity index (χ1v) is 6.17. The molecule has 0 saturated carbocycles. The third-order valence-electron chi connectivity index (χ3n) is 2.90. The van der Waals surface area contributed by atoms with Gasteiger partial charge in [0.15, 0.2) is 5.65 Å². The third-order valence-corrected chi connectivity index (χ3v) is 2.90. The normalized spacial score (nSPS) is 11.6. The van der Waals surface area contributed by atoms with E-state index in [-0.39, 0.29) is 11.8 Å². The highest BCUT2D eigenvalue weighted by atomic mass is 19.4. The first-order chi connectivity index (χ1) is 10.5. The molecule has 0 aliphatic carbocycles. The molecule has 0 aromatic carbocycles. The minimum absolute atomic E-state index is 0.0264. The van der Waals surface area contributed by atoms with Crippen LogP contribution in [0.1, 0.15) is 5.56 Å². The van der Waals surface area contributed by atoms with Gasteiger partial charge in [0, 0.05) is 13.2 Å². The molecule has 3 aromatic rings. The molecule has 7 nitrogen and oxygen atoms in total. The van der Waals surface area contributed by atoms with Crippen molar-refractivity contribution >= 4 is 23.2 Å². The van der Waals surface area contributed by atoms with Gasteiger partial charge in [-0.2, -0.15) is 18.2 Å². The summed E-state index contributed by atoms with van der Waals surface area (Å²) in [7, 11) is 1.36. The zero-order valence-corrected chi connectivity index (χ0v) is 11.3. The van der Waals surface area contributed by atoms with E-state index in [0.29, 0.717) is 11.5 Å². The molecule has 0 saturated heterocycles. The Hall–Kier alpha value is -2.91. The van der Waals surface area contributed by atoms with Crippen molar-refractivity contribution in [3.63, 3.8) is 0 Å². The lowest BCUT2D eigenvalue weighted by molar-refractivity contribution is -0.137. The van der Waals surface area contributed by atoms with Crippen molar-refractivity contribution in [1.82, 2.24) is 24.6 Å². The molecule has 3 rings (SSSR count). The standard InChI is InChI=1S/C12H10F3N7/c1-16-10-7(12(13,14)15)5-17-11(20-10)19-8-3-2-4-9-21-18-6-22(8)9/h2-6H,1H3,(H2,16,17,19,20). The van der Waals surface area contributed by atoms with E-state index in [0.717, 1.165) is 6.20 Å². The summed E-state index contributed by atoms with van der Waals surface area (Å²) in [6.45, 7) is 0. The highest BCUT2D eigenvalue weighted by Gasteiger charge is 2.35. The highest BCUT2D eigenvalue weighted by Crippen LogP contribution is 2.33. The van der Waals surface area contributed by atoms with Crippen LogP contribution in [0.25, 0.3) is 5.65 Å². The largest absolute Gasteiger partial charge is 0.421 e. The maximum atomic E-state index is 12.8. The number of nitrogens with zero attached hydrogens (tertiary/aromatic N) is 5. The predicted molar refractivity (Wildman–Crippen MR) is 72.9 cm³/mol. The molecule has 0 radical (unpaired) electrons. The number of pyridine rings is 1. The molecular formula is C12H10F3N7. The van der Waals surface area contributed by atoms with Gasteiger partial charge in [-0.15, -0.1) is 10.2 Å². The molecule has 10 heteroatoms. The van der Waals surface area contributed by atoms with Crippen LogP contribution in [0, 0.1) is 0 Å². The minimum Gasteiger partial charge on any atom is -0.372 e. The zero-order valence-electron chi connectivity index (χ0n) is 11.3. The number of alkyl halides is 3. The van der Waals surface area contributed by atoms with Gasteiger partial charge in [0.25, 0.3) is 0 Å². The van der Waals surface area contributed by atoms with Crippen LogP contribution in [0.15, 0.2) is 30.7 Å². The maximum Gasteiger partial charge on any atom is 0.421 e. The molecule has 114 valence electrons. The SMILES string of the molecule is CNc1nc(Nc2cccc3nncn23)ncc1C(F)(F)F. The van der Waals surface area contributed by atoms with Gasteiger partial charge in [0.05, 0.1) is 0 Å². The summed E-state index contributed by atoms with van der Waals surface area (Å²) in [5, 5.41) is 12.9. The minimum atomic E-state index is -4.52. The molecule has 0 bridgehead atoms. The maximum absolute atomic E-state index is 12.8. The molecule has 0 aliphatic rings. The quantitative estimate of drug-likeness (QED) is 0.773. The summed E-state index contributed by atoms with van der Waals surface area (Å²) in [5.41, 5.74) is -0.339. The lowest BCUT2D eigenvalue weighted by atomic mass is 10.3. The molecule has 0 spiro atoms. The smallest absolute Gasteiger partial charge is 0.372 e. The first-order valence-electron chi connectivity index (χ1n) is 6.17. The van der Waals surface area contributed by atoms with Crippen molar-refractivity contribution in [1.29, 1.82) is 0 Å². The lowest BCUT2D eigenvalue weighted by Gasteiger charge is -2.13. The summed E-state index contributed by atoms with van der Waals surface area (Å²) >= 11 is 0. The number of fused-ring (bicyclic) bond motifs is 1. The van der Waals surface area contributed by atoms with Gasteiger partial charge < -0.3 is 10.6 Å². The molecule has 3 aromatic heterocycles. The van der Waals surface area contributed by atoms with Crippen molar-refractivity contribution in [2.75, 3.05) is 17.7 Å². The van der Waals surface area contributed by atoms with E-state index in [1.54, 1.807) is 22.6 Å². The molecule has 0 amide bonds. The summed E-state index contributed by atoms with van der Waals surface area (Å²) in [5.74, 6) is 0.254. The molecule has 0 fully saturated rings. The highest BCUT2D eigenvalue weighted by molar-refractivity contribution is 5.57. The number of hydrogen-bond acceptors (Lipinski definition) is 6. The van der Waals surface area contributed by atoms with Crippen LogP contribution >= 0.6 is 0 Å². The third kappa shape index (κ3) is 2.50. The number of halogens is 3. The van der Waals surface area contributed by atoms with Gasteiger partial charge in [0.2, 0.25) is 5.95 Å². The Morgan fingerprint density at radius 3 is 2.77 bits per heavy atom. The van der Waals surface area contributed by atoms with Crippen molar-refractivity contribution in [2.45, 2.75) is 6.18 Å². The summed E-state index contributed by atoms with van der Waals surface area (Å²) in [6.07, 6.45) is -2.32. The van der Waals surface area contributed by atoms with Crippen LogP contribution in [-0.4, -0.2) is 31.6 Å². The van der Waals surface area contributed by atoms with Crippen molar-refractivity contribution < 1.29 is 13.2 Å². The fraction of sp³-hybridized carbons (Fsp3) is 0.167. The average Bonchev–Trinajstić information content (AvgIpc) is 2.95. The fourth-order valence-corrected chi connectivity index (χ4v) is 1.91. The van der Waals surface area contributed by atoms with Crippen molar-refractivity contribution in [3.8, 4) is 0 Å². The monoisotopic (exact) mass is 309 g/mol. The van der Waals surface area contributed by atoms with E-state index in [1.807, 2.05) is 0 Å². The van der Waals surface area contributed by atoms with Crippen LogP contribution in [0.2, 0.25) is 0 Å². The summed E-state index contributed by atoms with van der Waals surface area (Å²) in [6, 6.07) is 5.18. The van der Waals surface area contributed by atoms with Gasteiger partial charge in [0.1, 0.15) is 23.5 Å². The summed E-state index contributed by atoms with van der Waals surface area (Å²) in [4.78, 5) is 7.54. The Balaban J connectivity index is 1.98. The Morgan fingerprint density at radius 1 is 1.23 bits per heavy atom. The average molecular weight is 309 g/mol. The molecule has 0 atom stereocenters. The zero-order chi connectivity index (χ0) is 15.7. The van der Waals surface area contributed by atoms with E-state index < -0.39 is 11.7 Å².